The Balaban J connectivity index is 1.67. The van der Waals surface area contributed by atoms with Gasteiger partial charge in [0.05, 0.1) is 12.9 Å². The molecule has 0 radical (unpaired) electrons. The number of benzene rings is 1. The molecular weight excluding hydrogens is 297 g/mol. The summed E-state index contributed by atoms with van der Waals surface area (Å²) in [4.78, 5) is 4.44. The van der Waals surface area contributed by atoms with Crippen molar-refractivity contribution in [2.24, 2.45) is 4.99 Å². The van der Waals surface area contributed by atoms with Gasteiger partial charge in [0.15, 0.2) is 5.96 Å². The Morgan fingerprint density at radius 1 is 1.22 bits per heavy atom. The monoisotopic (exact) mass is 319 g/mol. The molecule has 0 saturated heterocycles. The van der Waals surface area contributed by atoms with Crippen molar-refractivity contribution in [2.45, 2.75) is 19.9 Å². The van der Waals surface area contributed by atoms with E-state index in [2.05, 4.69) is 15.6 Å². The molecule has 1 aromatic heterocycles. The second-order valence-corrected chi connectivity index (χ2v) is 4.86. The molecule has 124 valence electrons. The van der Waals surface area contributed by atoms with Crippen molar-refractivity contribution >= 4 is 5.96 Å². The van der Waals surface area contributed by atoms with E-state index in [1.165, 1.54) is 12.1 Å². The minimum Gasteiger partial charge on any atom is -0.494 e. The number of halogens is 1. The fraction of sp³-hybridized carbons (Fsp3) is 0.353. The highest BCUT2D eigenvalue weighted by atomic mass is 19.1. The van der Waals surface area contributed by atoms with E-state index < -0.39 is 0 Å². The van der Waals surface area contributed by atoms with Gasteiger partial charge >= 0.3 is 0 Å². The number of guanidine groups is 1. The second-order valence-electron chi connectivity index (χ2n) is 4.86. The zero-order valence-corrected chi connectivity index (χ0v) is 13.2. The molecule has 0 aliphatic rings. The third-order valence-electron chi connectivity index (χ3n) is 3.01. The van der Waals surface area contributed by atoms with E-state index in [0.717, 1.165) is 31.2 Å². The molecule has 0 atom stereocenters. The van der Waals surface area contributed by atoms with E-state index in [1.807, 2.05) is 19.1 Å². The van der Waals surface area contributed by atoms with Crippen LogP contribution in [-0.2, 0) is 6.54 Å². The molecule has 0 bridgehead atoms. The number of nitrogens with zero attached hydrogens (tertiary/aromatic N) is 1. The average molecular weight is 319 g/mol. The quantitative estimate of drug-likeness (QED) is 0.446. The Kier molecular flexibility index (Phi) is 6.97. The predicted octanol–water partition coefficient (Wildman–Crippen LogP) is 2.94. The summed E-state index contributed by atoms with van der Waals surface area (Å²) in [6.45, 7) is 4.58. The maximum Gasteiger partial charge on any atom is 0.191 e. The van der Waals surface area contributed by atoms with Crippen LogP contribution in [0.15, 0.2) is 52.1 Å². The molecule has 0 unspecified atom stereocenters. The first-order chi connectivity index (χ1) is 11.3. The van der Waals surface area contributed by atoms with Crippen molar-refractivity contribution in [2.75, 3.05) is 19.7 Å². The number of nitrogens with one attached hydrogen (secondary N) is 2. The number of aliphatic imine (C=N–C) groups is 1. The highest BCUT2D eigenvalue weighted by molar-refractivity contribution is 5.79. The molecule has 0 spiro atoms. The Morgan fingerprint density at radius 3 is 2.74 bits per heavy atom. The Labute approximate surface area is 135 Å². The van der Waals surface area contributed by atoms with E-state index in [4.69, 9.17) is 9.15 Å². The van der Waals surface area contributed by atoms with Crippen LogP contribution in [0, 0.1) is 5.82 Å². The predicted molar refractivity (Wildman–Crippen MR) is 88.0 cm³/mol. The first kappa shape index (κ1) is 16.9. The molecule has 2 rings (SSSR count). The van der Waals surface area contributed by atoms with Crippen molar-refractivity contribution in [3.05, 3.63) is 54.2 Å². The Morgan fingerprint density at radius 2 is 2.04 bits per heavy atom. The lowest BCUT2D eigenvalue weighted by Crippen LogP contribution is -2.38. The Hall–Kier alpha value is -2.50. The van der Waals surface area contributed by atoms with E-state index in [0.29, 0.717) is 18.9 Å². The fourth-order valence-electron chi connectivity index (χ4n) is 1.90. The van der Waals surface area contributed by atoms with Gasteiger partial charge < -0.3 is 19.8 Å². The van der Waals surface area contributed by atoms with Gasteiger partial charge in [0, 0.05) is 13.1 Å². The van der Waals surface area contributed by atoms with Crippen LogP contribution in [0.4, 0.5) is 4.39 Å². The molecule has 1 heterocycles. The maximum atomic E-state index is 12.8. The molecule has 2 aromatic rings. The number of furan rings is 1. The summed E-state index contributed by atoms with van der Waals surface area (Å²) in [7, 11) is 0. The highest BCUT2D eigenvalue weighted by Gasteiger charge is 1.99. The first-order valence-corrected chi connectivity index (χ1v) is 7.71. The molecule has 0 saturated carbocycles. The molecule has 5 nitrogen and oxygen atoms in total. The van der Waals surface area contributed by atoms with Crippen LogP contribution < -0.4 is 15.4 Å². The third kappa shape index (κ3) is 6.42. The Bertz CT molecular complexity index is 582. The van der Waals surface area contributed by atoms with Crippen LogP contribution in [0.1, 0.15) is 19.1 Å². The van der Waals surface area contributed by atoms with Gasteiger partial charge in [-0.3, -0.25) is 0 Å². The average Bonchev–Trinajstić information content (AvgIpc) is 3.07. The van der Waals surface area contributed by atoms with Crippen LogP contribution >= 0.6 is 0 Å². The highest BCUT2D eigenvalue weighted by Crippen LogP contribution is 2.10. The van der Waals surface area contributed by atoms with Crippen LogP contribution in [0.5, 0.6) is 5.75 Å². The van der Waals surface area contributed by atoms with Crippen LogP contribution in [0.2, 0.25) is 0 Å². The van der Waals surface area contributed by atoms with Gasteiger partial charge in [-0.15, -0.1) is 0 Å². The van der Waals surface area contributed by atoms with Gasteiger partial charge in [-0.25, -0.2) is 9.38 Å². The zero-order valence-electron chi connectivity index (χ0n) is 13.2. The van der Waals surface area contributed by atoms with Gasteiger partial charge in [-0.2, -0.15) is 0 Å². The van der Waals surface area contributed by atoms with Gasteiger partial charge in [0.25, 0.3) is 0 Å². The number of ether oxygens (including phenoxy) is 1. The summed E-state index contributed by atoms with van der Waals surface area (Å²) >= 11 is 0. The summed E-state index contributed by atoms with van der Waals surface area (Å²) in [5, 5.41) is 6.41. The lowest BCUT2D eigenvalue weighted by atomic mass is 10.3. The van der Waals surface area contributed by atoms with Crippen molar-refractivity contribution in [3.8, 4) is 5.75 Å². The van der Waals surface area contributed by atoms with E-state index >= 15 is 0 Å². The number of hydrogen-bond acceptors (Lipinski definition) is 3. The van der Waals surface area contributed by atoms with E-state index in [-0.39, 0.29) is 5.82 Å². The van der Waals surface area contributed by atoms with E-state index in [1.54, 1.807) is 18.4 Å². The van der Waals surface area contributed by atoms with Crippen molar-refractivity contribution in [1.29, 1.82) is 0 Å². The van der Waals surface area contributed by atoms with Crippen LogP contribution in [-0.4, -0.2) is 25.7 Å². The normalized spacial score (nSPS) is 11.3. The minimum atomic E-state index is -0.262. The topological polar surface area (TPSA) is 58.8 Å². The molecule has 6 heteroatoms. The molecule has 0 fully saturated rings. The largest absolute Gasteiger partial charge is 0.494 e. The molecule has 2 N–H and O–H groups in total. The summed E-state index contributed by atoms with van der Waals surface area (Å²) in [6.07, 6.45) is 2.44. The first-order valence-electron chi connectivity index (χ1n) is 7.71. The lowest BCUT2D eigenvalue weighted by molar-refractivity contribution is 0.310. The minimum absolute atomic E-state index is 0.262. The van der Waals surface area contributed by atoms with Gasteiger partial charge in [0.1, 0.15) is 23.9 Å². The third-order valence-corrected chi connectivity index (χ3v) is 3.01. The summed E-state index contributed by atoms with van der Waals surface area (Å²) in [5.74, 6) is 1.97. The summed E-state index contributed by atoms with van der Waals surface area (Å²) < 4.78 is 23.6. The van der Waals surface area contributed by atoms with Crippen molar-refractivity contribution in [1.82, 2.24) is 10.6 Å². The molecular formula is C17H22FN3O2. The molecule has 0 aliphatic heterocycles. The molecule has 0 aliphatic carbocycles. The van der Waals surface area contributed by atoms with Gasteiger partial charge in [-0.1, -0.05) is 0 Å². The number of hydrogen-bond donors (Lipinski definition) is 2. The SMILES string of the molecule is CCNC(=NCc1ccco1)NCCCOc1ccc(F)cc1. The lowest BCUT2D eigenvalue weighted by Gasteiger charge is -2.11. The van der Waals surface area contributed by atoms with Crippen LogP contribution in [0.25, 0.3) is 0 Å². The smallest absolute Gasteiger partial charge is 0.191 e. The molecule has 23 heavy (non-hydrogen) atoms. The van der Waals surface area contributed by atoms with Crippen molar-refractivity contribution in [3.63, 3.8) is 0 Å². The standard InChI is InChI=1S/C17H22FN3O2/c1-2-19-17(21-13-16-5-3-11-23-16)20-10-4-12-22-15-8-6-14(18)7-9-15/h3,5-9,11H,2,4,10,12-13H2,1H3,(H2,19,20,21). The molecule has 1 aromatic carbocycles. The van der Waals surface area contributed by atoms with Gasteiger partial charge in [-0.05, 0) is 49.7 Å². The fourth-order valence-corrected chi connectivity index (χ4v) is 1.90. The summed E-state index contributed by atoms with van der Waals surface area (Å²) in [5.41, 5.74) is 0. The van der Waals surface area contributed by atoms with Gasteiger partial charge in [0.2, 0.25) is 0 Å². The number of rotatable bonds is 8. The maximum absolute atomic E-state index is 12.8. The van der Waals surface area contributed by atoms with E-state index in [9.17, 15) is 4.39 Å². The van der Waals surface area contributed by atoms with Crippen LogP contribution in [0.3, 0.4) is 0 Å². The van der Waals surface area contributed by atoms with Crippen molar-refractivity contribution < 1.29 is 13.5 Å². The summed E-state index contributed by atoms with van der Waals surface area (Å²) in [6, 6.07) is 9.76. The second kappa shape index (κ2) is 9.50. The molecule has 0 amide bonds. The zero-order chi connectivity index (χ0) is 16.3.